The van der Waals surface area contributed by atoms with Gasteiger partial charge in [0.15, 0.2) is 6.23 Å². The molecule has 0 saturated carbocycles. The van der Waals surface area contributed by atoms with E-state index < -0.39 is 58.0 Å². The number of H-pyrrole nitrogens is 1. The zero-order valence-corrected chi connectivity index (χ0v) is 16.0. The van der Waals surface area contributed by atoms with Gasteiger partial charge in [0.1, 0.15) is 18.3 Å². The highest BCUT2D eigenvalue weighted by Crippen LogP contribution is 2.57. The second kappa shape index (κ2) is 10.5. The molecule has 0 aromatic carbocycles. The molecule has 1 fully saturated rings. The van der Waals surface area contributed by atoms with Crippen molar-refractivity contribution < 1.29 is 47.6 Å². The van der Waals surface area contributed by atoms with E-state index in [9.17, 15) is 28.9 Å². The van der Waals surface area contributed by atoms with E-state index in [1.807, 2.05) is 4.98 Å². The van der Waals surface area contributed by atoms with Crippen LogP contribution in [0.15, 0.2) is 21.9 Å². The summed E-state index contributed by atoms with van der Waals surface area (Å²) in [5, 5.41) is 19.8. The van der Waals surface area contributed by atoms with Crippen LogP contribution in [-0.4, -0.2) is 59.4 Å². The van der Waals surface area contributed by atoms with Gasteiger partial charge in [-0.15, -0.1) is 0 Å². The maximum atomic E-state index is 11.7. The largest absolute Gasteiger partial charge is 0.481 e. The second-order valence-corrected chi connectivity index (χ2v) is 7.73. The molecule has 19 heteroatoms. The molecule has 0 radical (unpaired) electrons. The van der Waals surface area contributed by atoms with E-state index in [2.05, 4.69) is 8.83 Å². The zero-order valence-electron chi connectivity index (χ0n) is 14.2. The van der Waals surface area contributed by atoms with Gasteiger partial charge >= 0.3 is 21.3 Å². The molecule has 5 atom stereocenters. The number of phosphoric acid groups is 2. The Balaban J connectivity index is 0. The van der Waals surface area contributed by atoms with Gasteiger partial charge in [-0.25, -0.2) is 13.9 Å². The third-order valence-corrected chi connectivity index (χ3v) is 5.23. The molecule has 166 valence electrons. The summed E-state index contributed by atoms with van der Waals surface area (Å²) in [7, 11) is -10.5. The first-order valence-electron chi connectivity index (χ1n) is 6.47. The standard InChI is InChI=1S/C9H14N2O12P2.3H3N/c12-5-1-2-11(9(15)10-5)8-7(14)6(13)4(22-8)3-21-25(19,20)23-24(16,17)18;;;/h1-2,4,6-8,13-14H,3H2,(H,19,20)(H,10,12,15)(H2,16,17,18);3*1H3/t4-,6-,7-,8-;;;/m1.../s1. The lowest BCUT2D eigenvalue weighted by Gasteiger charge is -2.17. The average molecular weight is 455 g/mol. The lowest BCUT2D eigenvalue weighted by Crippen LogP contribution is -2.37. The maximum Gasteiger partial charge on any atom is 0.481 e. The number of hydrogen-bond donors (Lipinski definition) is 9. The molecule has 1 saturated heterocycles. The van der Waals surface area contributed by atoms with E-state index in [-0.39, 0.29) is 18.5 Å². The molecule has 2 heterocycles. The third-order valence-electron chi connectivity index (χ3n) is 3.07. The van der Waals surface area contributed by atoms with Crippen LogP contribution in [0, 0.1) is 0 Å². The van der Waals surface area contributed by atoms with Crippen LogP contribution in [0.1, 0.15) is 6.23 Å². The summed E-state index contributed by atoms with van der Waals surface area (Å²) < 4.78 is 35.6. The molecule has 1 aromatic rings. The number of aliphatic hydroxyl groups excluding tert-OH is 2. The van der Waals surface area contributed by atoms with Crippen LogP contribution in [0.2, 0.25) is 0 Å². The van der Waals surface area contributed by atoms with Gasteiger partial charge in [-0.1, -0.05) is 0 Å². The summed E-state index contributed by atoms with van der Waals surface area (Å²) in [4.78, 5) is 50.7. The predicted octanol–water partition coefficient (Wildman–Crippen LogP) is -2.13. The fourth-order valence-electron chi connectivity index (χ4n) is 2.05. The van der Waals surface area contributed by atoms with Crippen LogP contribution in [0.3, 0.4) is 0 Å². The topological polar surface area (TPSA) is 323 Å². The van der Waals surface area contributed by atoms with Crippen molar-refractivity contribution >= 4 is 15.6 Å². The number of aliphatic hydroxyl groups is 2. The van der Waals surface area contributed by atoms with Gasteiger partial charge in [-0.05, 0) is 0 Å². The molecule has 15 N–H and O–H groups in total. The maximum absolute atomic E-state index is 11.7. The minimum atomic E-state index is -5.32. The van der Waals surface area contributed by atoms with E-state index in [1.165, 1.54) is 0 Å². The van der Waals surface area contributed by atoms with Crippen molar-refractivity contribution in [1.29, 1.82) is 0 Å². The highest BCUT2D eigenvalue weighted by molar-refractivity contribution is 7.60. The molecule has 1 aromatic heterocycles. The number of aromatic amines is 1. The van der Waals surface area contributed by atoms with Crippen molar-refractivity contribution in [2.24, 2.45) is 0 Å². The molecule has 0 amide bonds. The summed E-state index contributed by atoms with van der Waals surface area (Å²) in [6, 6.07) is 0.962. The van der Waals surface area contributed by atoms with Gasteiger partial charge < -0.3 is 48.1 Å². The first kappa shape index (κ1) is 28.9. The van der Waals surface area contributed by atoms with Gasteiger partial charge in [0.05, 0.1) is 6.61 Å². The van der Waals surface area contributed by atoms with Crippen molar-refractivity contribution in [1.82, 2.24) is 28.0 Å². The summed E-state index contributed by atoms with van der Waals surface area (Å²) in [6.07, 6.45) is -5.25. The molecular formula is C9H23N5O12P2. The number of ether oxygens (including phenoxy) is 1. The zero-order chi connectivity index (χ0) is 19.0. The lowest BCUT2D eigenvalue weighted by atomic mass is 10.1. The second-order valence-electron chi connectivity index (χ2n) is 4.90. The monoisotopic (exact) mass is 455 g/mol. The van der Waals surface area contributed by atoms with E-state index in [4.69, 9.17) is 19.4 Å². The fraction of sp³-hybridized carbons (Fsp3) is 0.556. The smallest absolute Gasteiger partial charge is 0.387 e. The van der Waals surface area contributed by atoms with Crippen LogP contribution in [0.25, 0.3) is 0 Å². The molecule has 1 aliphatic rings. The fourth-order valence-corrected chi connectivity index (χ4v) is 3.65. The molecule has 17 nitrogen and oxygen atoms in total. The lowest BCUT2D eigenvalue weighted by molar-refractivity contribution is -0.0542. The third kappa shape index (κ3) is 7.26. The van der Waals surface area contributed by atoms with Gasteiger partial charge in [0, 0.05) is 12.3 Å². The SMILES string of the molecule is N.N.N.O=c1ccn([C@@H]2O[C@H](COP(=O)(O)OP(=O)(O)O)[C@@H](O)[C@H]2O)c(=O)[nH]1. The number of hydrogen-bond acceptors (Lipinski definition) is 12. The minimum absolute atomic E-state index is 0. The molecule has 1 unspecified atom stereocenters. The van der Waals surface area contributed by atoms with Gasteiger partial charge in [0.25, 0.3) is 5.56 Å². The molecule has 28 heavy (non-hydrogen) atoms. The Hall–Kier alpha value is -1.30. The van der Waals surface area contributed by atoms with Crippen molar-refractivity contribution in [2.75, 3.05) is 6.61 Å². The Bertz CT molecular complexity index is 837. The summed E-state index contributed by atoms with van der Waals surface area (Å²) in [5.74, 6) is 0. The number of aromatic nitrogens is 2. The summed E-state index contributed by atoms with van der Waals surface area (Å²) >= 11 is 0. The summed E-state index contributed by atoms with van der Waals surface area (Å²) in [6.45, 7) is -0.902. The van der Waals surface area contributed by atoms with Crippen molar-refractivity contribution in [3.05, 3.63) is 33.1 Å². The van der Waals surface area contributed by atoms with Crippen LogP contribution in [0.4, 0.5) is 0 Å². The molecular weight excluding hydrogens is 432 g/mol. The number of phosphoric ester groups is 1. The van der Waals surface area contributed by atoms with Crippen molar-refractivity contribution in [2.45, 2.75) is 24.5 Å². The summed E-state index contributed by atoms with van der Waals surface area (Å²) in [5.41, 5.74) is -1.65. The van der Waals surface area contributed by atoms with E-state index in [0.717, 1.165) is 16.8 Å². The molecule has 0 aliphatic carbocycles. The highest BCUT2D eigenvalue weighted by atomic mass is 31.3. The van der Waals surface area contributed by atoms with Crippen LogP contribution >= 0.6 is 15.6 Å². The Labute approximate surface area is 156 Å². The number of rotatable bonds is 6. The van der Waals surface area contributed by atoms with Crippen molar-refractivity contribution in [3.63, 3.8) is 0 Å². The first-order chi connectivity index (χ1) is 11.4. The van der Waals surface area contributed by atoms with Crippen LogP contribution < -0.4 is 29.7 Å². The van der Waals surface area contributed by atoms with E-state index in [0.29, 0.717) is 0 Å². The Kier molecular flexibility index (Phi) is 10.8. The van der Waals surface area contributed by atoms with Crippen LogP contribution in [0.5, 0.6) is 0 Å². The minimum Gasteiger partial charge on any atom is -0.387 e. The molecule has 0 spiro atoms. The van der Waals surface area contributed by atoms with Crippen molar-refractivity contribution in [3.8, 4) is 0 Å². The molecule has 0 bridgehead atoms. The first-order valence-corrected chi connectivity index (χ1v) is 9.49. The van der Waals surface area contributed by atoms with Gasteiger partial charge in [0.2, 0.25) is 0 Å². The highest BCUT2D eigenvalue weighted by Gasteiger charge is 2.45. The Morgan fingerprint density at radius 1 is 1.11 bits per heavy atom. The number of nitrogens with zero attached hydrogens (tertiary/aromatic N) is 1. The van der Waals surface area contributed by atoms with Gasteiger partial charge in [-0.3, -0.25) is 18.9 Å². The average Bonchev–Trinajstić information content (AvgIpc) is 2.71. The normalized spacial score (nSPS) is 26.3. The predicted molar refractivity (Wildman–Crippen MR) is 91.2 cm³/mol. The molecule has 2 rings (SSSR count). The Morgan fingerprint density at radius 2 is 1.68 bits per heavy atom. The Morgan fingerprint density at radius 3 is 2.18 bits per heavy atom. The van der Waals surface area contributed by atoms with E-state index in [1.54, 1.807) is 0 Å². The number of nitrogens with one attached hydrogen (secondary N) is 1. The molecule has 1 aliphatic heterocycles. The van der Waals surface area contributed by atoms with Gasteiger partial charge in [-0.2, -0.15) is 4.31 Å². The van der Waals surface area contributed by atoms with E-state index >= 15 is 0 Å². The van der Waals surface area contributed by atoms with Crippen LogP contribution in [-0.2, 0) is 22.7 Å². The quantitative estimate of drug-likeness (QED) is 0.207.